The predicted molar refractivity (Wildman–Crippen MR) is 70.4 cm³/mol. The number of benzene rings is 1. The lowest BCUT2D eigenvalue weighted by atomic mass is 10.1. The summed E-state index contributed by atoms with van der Waals surface area (Å²) in [6, 6.07) is 3.42. The summed E-state index contributed by atoms with van der Waals surface area (Å²) in [5, 5.41) is 0. The van der Waals surface area contributed by atoms with Crippen molar-refractivity contribution in [1.29, 1.82) is 0 Å². The Labute approximate surface area is 112 Å². The van der Waals surface area contributed by atoms with E-state index in [-0.39, 0.29) is 16.6 Å². The molecular weight excluding hydrogens is 267 g/mol. The van der Waals surface area contributed by atoms with Gasteiger partial charge in [0, 0.05) is 6.04 Å². The van der Waals surface area contributed by atoms with E-state index < -0.39 is 15.8 Å². The normalized spacial score (nSPS) is 19.9. The van der Waals surface area contributed by atoms with Gasteiger partial charge in [0.1, 0.15) is 10.7 Å². The minimum absolute atomic E-state index is 0.00679. The van der Waals surface area contributed by atoms with Crippen LogP contribution < -0.4 is 10.5 Å². The maximum absolute atomic E-state index is 13.2. The first-order chi connectivity index (χ1) is 8.97. The lowest BCUT2D eigenvalue weighted by Crippen LogP contribution is -2.38. The van der Waals surface area contributed by atoms with Crippen molar-refractivity contribution in [2.75, 3.05) is 5.73 Å². The van der Waals surface area contributed by atoms with E-state index in [9.17, 15) is 12.8 Å². The van der Waals surface area contributed by atoms with Crippen LogP contribution in [0.2, 0.25) is 0 Å². The highest BCUT2D eigenvalue weighted by molar-refractivity contribution is 7.89. The van der Waals surface area contributed by atoms with Crippen LogP contribution in [-0.2, 0) is 10.0 Å². The van der Waals surface area contributed by atoms with Crippen molar-refractivity contribution in [2.24, 2.45) is 11.8 Å². The number of nitrogens with one attached hydrogen (secondary N) is 1. The summed E-state index contributed by atoms with van der Waals surface area (Å²) in [7, 11) is -3.74. The number of sulfonamides is 1. The molecule has 0 heterocycles. The molecule has 6 heteroatoms. The monoisotopic (exact) mass is 284 g/mol. The van der Waals surface area contributed by atoms with E-state index in [1.807, 2.05) is 0 Å². The van der Waals surface area contributed by atoms with E-state index >= 15 is 0 Å². The van der Waals surface area contributed by atoms with Gasteiger partial charge in [-0.15, -0.1) is 0 Å². The van der Waals surface area contributed by atoms with Gasteiger partial charge in [0.2, 0.25) is 10.0 Å². The molecule has 19 heavy (non-hydrogen) atoms. The van der Waals surface area contributed by atoms with Gasteiger partial charge in [-0.2, -0.15) is 0 Å². The Balaban J connectivity index is 1.87. The number of nitrogen functional groups attached to an aromatic ring is 1. The summed E-state index contributed by atoms with van der Waals surface area (Å²) in [5.74, 6) is 0.290. The fraction of sp³-hybridized carbons (Fsp3) is 0.538. The van der Waals surface area contributed by atoms with Crippen LogP contribution in [0.1, 0.15) is 25.7 Å². The molecule has 3 N–H and O–H groups in total. The molecule has 0 saturated heterocycles. The molecule has 4 nitrogen and oxygen atoms in total. The lowest BCUT2D eigenvalue weighted by Gasteiger charge is -2.18. The molecule has 1 aromatic carbocycles. The second-order valence-electron chi connectivity index (χ2n) is 5.50. The molecule has 0 atom stereocenters. The zero-order valence-corrected chi connectivity index (χ0v) is 11.3. The highest BCUT2D eigenvalue weighted by Crippen LogP contribution is 2.45. The first-order valence-electron chi connectivity index (χ1n) is 6.55. The van der Waals surface area contributed by atoms with Crippen molar-refractivity contribution in [2.45, 2.75) is 36.6 Å². The van der Waals surface area contributed by atoms with E-state index in [4.69, 9.17) is 5.73 Å². The molecule has 0 spiro atoms. The molecule has 104 valence electrons. The molecule has 2 aliphatic carbocycles. The van der Waals surface area contributed by atoms with E-state index in [0.717, 1.165) is 37.8 Å². The molecule has 2 saturated carbocycles. The Morgan fingerprint density at radius 2 is 1.79 bits per heavy atom. The number of anilines is 1. The maximum Gasteiger partial charge on any atom is 0.242 e. The fourth-order valence-electron chi connectivity index (χ4n) is 2.47. The van der Waals surface area contributed by atoms with Gasteiger partial charge in [-0.1, -0.05) is 0 Å². The molecule has 0 aromatic heterocycles. The molecular formula is C13H17FN2O2S. The molecule has 0 unspecified atom stereocenters. The van der Waals surface area contributed by atoms with E-state index in [2.05, 4.69) is 4.72 Å². The molecule has 0 bridgehead atoms. The topological polar surface area (TPSA) is 72.2 Å². The quantitative estimate of drug-likeness (QED) is 0.811. The first-order valence-corrected chi connectivity index (χ1v) is 8.03. The van der Waals surface area contributed by atoms with Crippen LogP contribution in [-0.4, -0.2) is 14.5 Å². The molecule has 0 aliphatic heterocycles. The number of rotatable bonds is 5. The van der Waals surface area contributed by atoms with Crippen LogP contribution in [0.4, 0.5) is 10.1 Å². The third kappa shape index (κ3) is 2.74. The Hall–Kier alpha value is -1.14. The van der Waals surface area contributed by atoms with Crippen molar-refractivity contribution in [1.82, 2.24) is 4.72 Å². The molecule has 1 aromatic rings. The second kappa shape index (κ2) is 4.45. The predicted octanol–water partition coefficient (Wildman–Crippen LogP) is 1.87. The molecule has 0 radical (unpaired) electrons. The van der Waals surface area contributed by atoms with Crippen LogP contribution in [0.3, 0.4) is 0 Å². The SMILES string of the molecule is Nc1ccc(F)cc1S(=O)(=O)NC(C1CC1)C1CC1. The highest BCUT2D eigenvalue weighted by atomic mass is 32.2. The highest BCUT2D eigenvalue weighted by Gasteiger charge is 2.43. The van der Waals surface area contributed by atoms with Crippen LogP contribution in [0.25, 0.3) is 0 Å². The van der Waals surface area contributed by atoms with Gasteiger partial charge < -0.3 is 5.73 Å². The summed E-state index contributed by atoms with van der Waals surface area (Å²) < 4.78 is 40.6. The van der Waals surface area contributed by atoms with E-state index in [1.165, 1.54) is 6.07 Å². The number of halogens is 1. The van der Waals surface area contributed by atoms with Crippen molar-refractivity contribution >= 4 is 15.7 Å². The van der Waals surface area contributed by atoms with Crippen LogP contribution >= 0.6 is 0 Å². The second-order valence-corrected chi connectivity index (χ2v) is 7.19. The Morgan fingerprint density at radius 1 is 1.21 bits per heavy atom. The summed E-state index contributed by atoms with van der Waals surface area (Å²) in [6.07, 6.45) is 4.29. The summed E-state index contributed by atoms with van der Waals surface area (Å²) in [6.45, 7) is 0. The van der Waals surface area contributed by atoms with Crippen molar-refractivity contribution in [3.8, 4) is 0 Å². The minimum atomic E-state index is -3.74. The zero-order chi connectivity index (χ0) is 13.6. The van der Waals surface area contributed by atoms with E-state index in [0.29, 0.717) is 11.8 Å². The summed E-state index contributed by atoms with van der Waals surface area (Å²) in [4.78, 5) is -0.154. The standard InChI is InChI=1S/C13H17FN2O2S/c14-10-5-6-11(15)12(7-10)19(17,18)16-13(8-1-2-8)9-3-4-9/h5-9,13,16H,1-4,15H2. The van der Waals surface area contributed by atoms with Crippen molar-refractivity contribution in [3.63, 3.8) is 0 Å². The molecule has 3 rings (SSSR count). The zero-order valence-electron chi connectivity index (χ0n) is 10.5. The average Bonchev–Trinajstić information content (AvgIpc) is 3.22. The number of hydrogen-bond donors (Lipinski definition) is 2. The van der Waals surface area contributed by atoms with Gasteiger partial charge in [0.25, 0.3) is 0 Å². The summed E-state index contributed by atoms with van der Waals surface area (Å²) in [5.41, 5.74) is 5.73. The van der Waals surface area contributed by atoms with Crippen LogP contribution in [0, 0.1) is 17.7 Å². The van der Waals surface area contributed by atoms with Gasteiger partial charge >= 0.3 is 0 Å². The summed E-state index contributed by atoms with van der Waals surface area (Å²) >= 11 is 0. The third-order valence-corrected chi connectivity index (χ3v) is 5.33. The van der Waals surface area contributed by atoms with Gasteiger partial charge in [-0.05, 0) is 55.7 Å². The van der Waals surface area contributed by atoms with E-state index in [1.54, 1.807) is 0 Å². The first kappa shape index (κ1) is 12.9. The van der Waals surface area contributed by atoms with Crippen LogP contribution in [0.15, 0.2) is 23.1 Å². The Morgan fingerprint density at radius 3 is 2.32 bits per heavy atom. The fourth-order valence-corrected chi connectivity index (χ4v) is 3.99. The number of hydrogen-bond acceptors (Lipinski definition) is 3. The van der Waals surface area contributed by atoms with Crippen molar-refractivity contribution in [3.05, 3.63) is 24.0 Å². The Kier molecular flexibility index (Phi) is 3.02. The Bertz CT molecular complexity index is 583. The minimum Gasteiger partial charge on any atom is -0.398 e. The average molecular weight is 284 g/mol. The van der Waals surface area contributed by atoms with Gasteiger partial charge in [0.05, 0.1) is 5.69 Å². The lowest BCUT2D eigenvalue weighted by molar-refractivity contribution is 0.471. The third-order valence-electron chi connectivity index (χ3n) is 3.82. The van der Waals surface area contributed by atoms with Gasteiger partial charge in [-0.25, -0.2) is 17.5 Å². The largest absolute Gasteiger partial charge is 0.398 e. The number of nitrogens with two attached hydrogens (primary N) is 1. The van der Waals surface area contributed by atoms with Crippen LogP contribution in [0.5, 0.6) is 0 Å². The molecule has 0 amide bonds. The van der Waals surface area contributed by atoms with Gasteiger partial charge in [0.15, 0.2) is 0 Å². The van der Waals surface area contributed by atoms with Gasteiger partial charge in [-0.3, -0.25) is 0 Å². The smallest absolute Gasteiger partial charge is 0.242 e. The maximum atomic E-state index is 13.2. The molecule has 2 aliphatic rings. The van der Waals surface area contributed by atoms with Crippen molar-refractivity contribution < 1.29 is 12.8 Å². The molecule has 2 fully saturated rings.